The molecule has 2 rings (SSSR count). The molecule has 4 heteroatoms. The smallest absolute Gasteiger partial charge is 0.245 e. The lowest BCUT2D eigenvalue weighted by Gasteiger charge is -2.56. The molecule has 4 nitrogen and oxygen atoms in total. The van der Waals surface area contributed by atoms with E-state index in [9.17, 15) is 10.0 Å². The first-order chi connectivity index (χ1) is 8.31. The van der Waals surface area contributed by atoms with Crippen molar-refractivity contribution in [2.24, 2.45) is 0 Å². The van der Waals surface area contributed by atoms with Gasteiger partial charge in [-0.25, -0.2) is 0 Å². The normalized spacial score (nSPS) is 28.1. The molecule has 1 aliphatic carbocycles. The molecule has 1 saturated carbocycles. The summed E-state index contributed by atoms with van der Waals surface area (Å²) in [7, 11) is 0. The zero-order valence-corrected chi connectivity index (χ0v) is 12.1. The van der Waals surface area contributed by atoms with Gasteiger partial charge in [0.2, 0.25) is 5.91 Å². The van der Waals surface area contributed by atoms with E-state index in [4.69, 9.17) is 0 Å². The van der Waals surface area contributed by atoms with Crippen molar-refractivity contribution in [2.75, 3.05) is 6.54 Å². The summed E-state index contributed by atoms with van der Waals surface area (Å²) in [6, 6.07) is 0.198. The minimum absolute atomic E-state index is 0.124. The fraction of sp³-hybridized carbons (Fsp3) is 0.929. The molecule has 0 aromatic carbocycles. The van der Waals surface area contributed by atoms with Gasteiger partial charge in [-0.1, -0.05) is 19.3 Å². The summed E-state index contributed by atoms with van der Waals surface area (Å²) in [5, 5.41) is 11.9. The molecule has 1 N–H and O–H groups in total. The van der Waals surface area contributed by atoms with Crippen molar-refractivity contribution >= 4 is 5.91 Å². The predicted molar refractivity (Wildman–Crippen MR) is 70.4 cm³/mol. The molecule has 1 amide bonds. The van der Waals surface area contributed by atoms with Crippen LogP contribution in [0.5, 0.6) is 0 Å². The average molecular weight is 254 g/mol. The van der Waals surface area contributed by atoms with Gasteiger partial charge in [0.15, 0.2) is 0 Å². The second-order valence-corrected chi connectivity index (χ2v) is 6.74. The van der Waals surface area contributed by atoms with Crippen LogP contribution in [0.15, 0.2) is 0 Å². The summed E-state index contributed by atoms with van der Waals surface area (Å²) >= 11 is 0. The molecule has 2 fully saturated rings. The molecule has 0 unspecified atom stereocenters. The molecule has 1 saturated heterocycles. The number of rotatable bonds is 1. The van der Waals surface area contributed by atoms with Gasteiger partial charge < -0.3 is 10.1 Å². The highest BCUT2D eigenvalue weighted by Gasteiger charge is 2.56. The lowest BCUT2D eigenvalue weighted by Crippen LogP contribution is -2.73. The van der Waals surface area contributed by atoms with E-state index >= 15 is 0 Å². The highest BCUT2D eigenvalue weighted by molar-refractivity contribution is 5.87. The Bertz CT molecular complexity index is 333. The molecule has 104 valence electrons. The Kier molecular flexibility index (Phi) is 3.45. The number of hydrogen-bond donors (Lipinski definition) is 1. The lowest BCUT2D eigenvalue weighted by atomic mass is 9.75. The first-order valence-electron chi connectivity index (χ1n) is 7.11. The van der Waals surface area contributed by atoms with Crippen molar-refractivity contribution < 1.29 is 10.0 Å². The van der Waals surface area contributed by atoms with E-state index in [0.29, 0.717) is 6.54 Å². The van der Waals surface area contributed by atoms with Crippen molar-refractivity contribution in [3.05, 3.63) is 0 Å². The van der Waals surface area contributed by atoms with Gasteiger partial charge in [-0.15, -0.1) is 0 Å². The molecule has 0 aromatic rings. The number of carbonyl (C=O) groups excluding carboxylic acids is 1. The van der Waals surface area contributed by atoms with Gasteiger partial charge >= 0.3 is 0 Å². The first-order valence-corrected chi connectivity index (χ1v) is 7.11. The second-order valence-electron chi connectivity index (χ2n) is 6.74. The molecular formula is C14H26N2O2. The van der Waals surface area contributed by atoms with Crippen LogP contribution in [0.25, 0.3) is 0 Å². The van der Waals surface area contributed by atoms with Crippen LogP contribution in [0, 0.1) is 0 Å². The third-order valence-corrected chi connectivity index (χ3v) is 4.50. The van der Waals surface area contributed by atoms with Gasteiger partial charge in [-0.2, -0.15) is 5.06 Å². The maximum absolute atomic E-state index is 12.8. The Morgan fingerprint density at radius 3 is 2.22 bits per heavy atom. The van der Waals surface area contributed by atoms with Crippen LogP contribution in [0.1, 0.15) is 59.8 Å². The SMILES string of the molecule is CC(C)N1CC(C)(C)N(O)C2(CCCCC2)C1=O. The molecule has 0 aromatic heterocycles. The highest BCUT2D eigenvalue weighted by atomic mass is 16.5. The number of hydrogen-bond acceptors (Lipinski definition) is 3. The topological polar surface area (TPSA) is 43.8 Å². The van der Waals surface area contributed by atoms with Crippen LogP contribution in [-0.2, 0) is 4.79 Å². The summed E-state index contributed by atoms with van der Waals surface area (Å²) < 4.78 is 0. The quantitative estimate of drug-likeness (QED) is 0.781. The van der Waals surface area contributed by atoms with E-state index in [-0.39, 0.29) is 17.5 Å². The van der Waals surface area contributed by atoms with E-state index in [0.717, 1.165) is 25.7 Å². The third kappa shape index (κ3) is 1.95. The number of hydroxylamine groups is 2. The summed E-state index contributed by atoms with van der Waals surface area (Å²) in [6.45, 7) is 8.74. The molecule has 1 spiro atoms. The van der Waals surface area contributed by atoms with Crippen LogP contribution in [-0.4, -0.2) is 44.7 Å². The average Bonchev–Trinajstić information content (AvgIpc) is 2.33. The van der Waals surface area contributed by atoms with E-state index in [1.54, 1.807) is 0 Å². The van der Waals surface area contributed by atoms with E-state index < -0.39 is 5.54 Å². The van der Waals surface area contributed by atoms with Gasteiger partial charge in [-0.05, 0) is 40.5 Å². The monoisotopic (exact) mass is 254 g/mol. The molecular weight excluding hydrogens is 228 g/mol. The summed E-state index contributed by atoms with van der Waals surface area (Å²) in [4.78, 5) is 14.7. The van der Waals surface area contributed by atoms with Crippen molar-refractivity contribution in [3.8, 4) is 0 Å². The highest BCUT2D eigenvalue weighted by Crippen LogP contribution is 2.42. The maximum Gasteiger partial charge on any atom is 0.245 e. The largest absolute Gasteiger partial charge is 0.337 e. The van der Waals surface area contributed by atoms with Crippen LogP contribution < -0.4 is 0 Å². The van der Waals surface area contributed by atoms with Crippen LogP contribution >= 0.6 is 0 Å². The Hall–Kier alpha value is -0.610. The zero-order valence-electron chi connectivity index (χ0n) is 12.1. The van der Waals surface area contributed by atoms with Crippen LogP contribution in [0.2, 0.25) is 0 Å². The van der Waals surface area contributed by atoms with Crippen molar-refractivity contribution in [2.45, 2.75) is 76.9 Å². The van der Waals surface area contributed by atoms with Crippen molar-refractivity contribution in [1.82, 2.24) is 9.96 Å². The predicted octanol–water partition coefficient (Wildman–Crippen LogP) is 2.41. The minimum atomic E-state index is -0.662. The molecule has 1 heterocycles. The Labute approximate surface area is 110 Å². The fourth-order valence-electron chi connectivity index (χ4n) is 3.47. The van der Waals surface area contributed by atoms with E-state index in [2.05, 4.69) is 13.8 Å². The summed E-state index contributed by atoms with van der Waals surface area (Å²) in [6.07, 6.45) is 4.81. The molecule has 1 aliphatic heterocycles. The number of amides is 1. The lowest BCUT2D eigenvalue weighted by molar-refractivity contribution is -0.263. The van der Waals surface area contributed by atoms with Crippen molar-refractivity contribution in [1.29, 1.82) is 0 Å². The van der Waals surface area contributed by atoms with E-state index in [1.807, 2.05) is 18.7 Å². The number of nitrogens with zero attached hydrogens (tertiary/aromatic N) is 2. The minimum Gasteiger partial charge on any atom is -0.337 e. The Morgan fingerprint density at radius 2 is 1.72 bits per heavy atom. The fourth-order valence-corrected chi connectivity index (χ4v) is 3.47. The van der Waals surface area contributed by atoms with Gasteiger partial charge in [0.25, 0.3) is 0 Å². The maximum atomic E-state index is 12.8. The zero-order chi connectivity index (χ0) is 13.6. The second kappa shape index (κ2) is 4.49. The van der Waals surface area contributed by atoms with Gasteiger partial charge in [0.05, 0.1) is 5.54 Å². The third-order valence-electron chi connectivity index (χ3n) is 4.50. The molecule has 18 heavy (non-hydrogen) atoms. The Balaban J connectivity index is 2.38. The number of carbonyl (C=O) groups is 1. The standard InChI is InChI=1S/C14H26N2O2/c1-11(2)15-10-13(3,4)16(18)14(12(15)17)8-6-5-7-9-14/h11,18H,5-10H2,1-4H3. The van der Waals surface area contributed by atoms with E-state index in [1.165, 1.54) is 11.5 Å². The molecule has 2 aliphatic rings. The van der Waals surface area contributed by atoms with Gasteiger partial charge in [0.1, 0.15) is 5.54 Å². The molecule has 0 bridgehead atoms. The van der Waals surface area contributed by atoms with Gasteiger partial charge in [-0.3, -0.25) is 4.79 Å². The number of piperazine rings is 1. The first kappa shape index (κ1) is 13.8. The Morgan fingerprint density at radius 1 is 1.17 bits per heavy atom. The summed E-state index contributed by atoms with van der Waals surface area (Å²) in [5.74, 6) is 0.124. The summed E-state index contributed by atoms with van der Waals surface area (Å²) in [5.41, 5.74) is -1.03. The van der Waals surface area contributed by atoms with Gasteiger partial charge in [0, 0.05) is 12.6 Å². The van der Waals surface area contributed by atoms with Crippen LogP contribution in [0.3, 0.4) is 0 Å². The molecule has 0 radical (unpaired) electrons. The van der Waals surface area contributed by atoms with Crippen molar-refractivity contribution in [3.63, 3.8) is 0 Å². The molecule has 0 atom stereocenters. The van der Waals surface area contributed by atoms with Crippen LogP contribution in [0.4, 0.5) is 0 Å².